The molecule has 0 aromatic heterocycles. The summed E-state index contributed by atoms with van der Waals surface area (Å²) in [6.45, 7) is 5.34. The van der Waals surface area contributed by atoms with Crippen LogP contribution in [0.2, 0.25) is 0 Å². The number of ether oxygens (including phenoxy) is 2. The highest BCUT2D eigenvalue weighted by atomic mass is 16.6. The van der Waals surface area contributed by atoms with Gasteiger partial charge in [0.15, 0.2) is 0 Å². The number of benzene rings is 3. The van der Waals surface area contributed by atoms with Crippen molar-refractivity contribution in [1.82, 2.24) is 5.32 Å². The maximum atomic E-state index is 12.3. The van der Waals surface area contributed by atoms with Crippen LogP contribution >= 0.6 is 0 Å². The number of carbonyl (C=O) groups excluding carboxylic acids is 2. The number of carboxylic acids is 1. The van der Waals surface area contributed by atoms with E-state index in [-0.39, 0.29) is 13.0 Å². The Hall–Kier alpha value is -4.13. The van der Waals surface area contributed by atoms with Crippen molar-refractivity contribution in [3.05, 3.63) is 95.6 Å². The first-order valence-corrected chi connectivity index (χ1v) is 11.2. The number of carboxylic acid groups (broad SMARTS) is 1. The Morgan fingerprint density at radius 2 is 1.40 bits per heavy atom. The molecule has 1 atom stereocenters. The number of carbonyl (C=O) groups is 3. The lowest BCUT2D eigenvalue weighted by Crippen LogP contribution is -2.44. The summed E-state index contributed by atoms with van der Waals surface area (Å²) in [5.74, 6) is -1.54. The van der Waals surface area contributed by atoms with E-state index in [2.05, 4.69) is 5.32 Å². The molecule has 0 aliphatic carbocycles. The fraction of sp³-hybridized carbons (Fsp3) is 0.250. The van der Waals surface area contributed by atoms with Crippen LogP contribution in [0.1, 0.15) is 42.3 Å². The van der Waals surface area contributed by atoms with Crippen LogP contribution in [0.3, 0.4) is 0 Å². The van der Waals surface area contributed by atoms with Crippen LogP contribution in [-0.2, 0) is 27.3 Å². The van der Waals surface area contributed by atoms with Gasteiger partial charge in [-0.2, -0.15) is 0 Å². The van der Waals surface area contributed by atoms with Crippen molar-refractivity contribution in [1.29, 1.82) is 0 Å². The average Bonchev–Trinajstić information content (AvgIpc) is 2.82. The Balaban J connectivity index is 1.59. The highest BCUT2D eigenvalue weighted by Crippen LogP contribution is 2.21. The minimum absolute atomic E-state index is 0.112. The van der Waals surface area contributed by atoms with Gasteiger partial charge in [0, 0.05) is 6.42 Å². The first kappa shape index (κ1) is 25.5. The summed E-state index contributed by atoms with van der Waals surface area (Å²) in [6.07, 6.45) is -0.662. The van der Waals surface area contributed by atoms with E-state index >= 15 is 0 Å². The number of alkyl carbamates (subject to hydrolysis) is 1. The van der Waals surface area contributed by atoms with E-state index in [4.69, 9.17) is 9.47 Å². The third kappa shape index (κ3) is 7.99. The predicted molar refractivity (Wildman–Crippen MR) is 132 cm³/mol. The molecule has 2 N–H and O–H groups in total. The van der Waals surface area contributed by atoms with Gasteiger partial charge in [0.1, 0.15) is 18.2 Å². The number of nitrogens with one attached hydrogen (secondary N) is 1. The van der Waals surface area contributed by atoms with Gasteiger partial charge in [-0.05, 0) is 55.2 Å². The van der Waals surface area contributed by atoms with Gasteiger partial charge in [0.2, 0.25) is 0 Å². The molecule has 0 saturated carbocycles. The SMILES string of the molecule is CC(C)(C)OC(=O)NC(Cc1ccc(-c2ccc(C(=O)OCc3ccccc3)cc2)cc1)C(=O)O. The number of esters is 1. The van der Waals surface area contributed by atoms with Gasteiger partial charge in [-0.15, -0.1) is 0 Å². The fourth-order valence-corrected chi connectivity index (χ4v) is 3.32. The third-order valence-corrected chi connectivity index (χ3v) is 5.05. The van der Waals surface area contributed by atoms with Gasteiger partial charge in [-0.25, -0.2) is 14.4 Å². The molecule has 3 aromatic carbocycles. The summed E-state index contributed by atoms with van der Waals surface area (Å²) in [7, 11) is 0. The fourth-order valence-electron chi connectivity index (χ4n) is 3.32. The molecule has 0 radical (unpaired) electrons. The van der Waals surface area contributed by atoms with Gasteiger partial charge in [0.05, 0.1) is 5.56 Å². The Labute approximate surface area is 204 Å². The van der Waals surface area contributed by atoms with Crippen molar-refractivity contribution in [3.8, 4) is 11.1 Å². The molecule has 0 fully saturated rings. The molecule has 0 heterocycles. The molecule has 0 spiro atoms. The second kappa shape index (κ2) is 11.3. The highest BCUT2D eigenvalue weighted by Gasteiger charge is 2.24. The van der Waals surface area contributed by atoms with Crippen LogP contribution in [0.25, 0.3) is 11.1 Å². The molecule has 1 amide bonds. The number of aliphatic carboxylic acids is 1. The van der Waals surface area contributed by atoms with Gasteiger partial charge in [0.25, 0.3) is 0 Å². The molecule has 7 nitrogen and oxygen atoms in total. The summed E-state index contributed by atoms with van der Waals surface area (Å²) in [5.41, 5.74) is 3.21. The Morgan fingerprint density at radius 3 is 1.94 bits per heavy atom. The van der Waals surface area contributed by atoms with Crippen LogP contribution in [0.5, 0.6) is 0 Å². The van der Waals surface area contributed by atoms with Crippen molar-refractivity contribution in [3.63, 3.8) is 0 Å². The zero-order chi connectivity index (χ0) is 25.4. The number of hydrogen-bond acceptors (Lipinski definition) is 5. The van der Waals surface area contributed by atoms with E-state index in [9.17, 15) is 19.5 Å². The Bertz CT molecular complexity index is 1150. The smallest absolute Gasteiger partial charge is 0.408 e. The minimum Gasteiger partial charge on any atom is -0.480 e. The van der Waals surface area contributed by atoms with Gasteiger partial charge >= 0.3 is 18.0 Å². The van der Waals surface area contributed by atoms with E-state index in [0.717, 1.165) is 22.3 Å². The zero-order valence-electron chi connectivity index (χ0n) is 20.0. The standard InChI is InChI=1S/C28H29NO6/c1-28(2,3)35-27(33)29-24(25(30)31)17-19-9-11-21(12-10-19)22-13-15-23(16-14-22)26(32)34-18-20-7-5-4-6-8-20/h4-16,24H,17-18H2,1-3H3,(H,29,33)(H,30,31). The summed E-state index contributed by atoms with van der Waals surface area (Å²) in [6, 6.07) is 22.8. The van der Waals surface area contributed by atoms with Crippen molar-refractivity contribution < 1.29 is 29.0 Å². The number of rotatable bonds is 8. The first-order chi connectivity index (χ1) is 16.6. The quantitative estimate of drug-likeness (QED) is 0.433. The molecule has 182 valence electrons. The van der Waals surface area contributed by atoms with Crippen LogP contribution < -0.4 is 5.32 Å². The monoisotopic (exact) mass is 475 g/mol. The van der Waals surface area contributed by atoms with Gasteiger partial charge in [-0.3, -0.25) is 0 Å². The molecule has 0 aliphatic rings. The Kier molecular flexibility index (Phi) is 8.25. The lowest BCUT2D eigenvalue weighted by atomic mass is 10.00. The third-order valence-electron chi connectivity index (χ3n) is 5.05. The van der Waals surface area contributed by atoms with Gasteiger partial charge in [-0.1, -0.05) is 66.7 Å². The largest absolute Gasteiger partial charge is 0.480 e. The van der Waals surface area contributed by atoms with Crippen molar-refractivity contribution in [2.45, 2.75) is 45.4 Å². The second-order valence-electron chi connectivity index (χ2n) is 9.08. The molecular formula is C28H29NO6. The second-order valence-corrected chi connectivity index (χ2v) is 9.08. The molecule has 0 saturated heterocycles. The zero-order valence-corrected chi connectivity index (χ0v) is 20.0. The van der Waals surface area contributed by atoms with Crippen molar-refractivity contribution in [2.24, 2.45) is 0 Å². The van der Waals surface area contributed by atoms with Crippen molar-refractivity contribution in [2.75, 3.05) is 0 Å². The van der Waals surface area contributed by atoms with E-state index in [1.54, 1.807) is 32.9 Å². The predicted octanol–water partition coefficient (Wildman–Crippen LogP) is 5.23. The van der Waals surface area contributed by atoms with Crippen LogP contribution in [-0.4, -0.2) is 34.8 Å². The average molecular weight is 476 g/mol. The normalized spacial score (nSPS) is 11.9. The summed E-state index contributed by atoms with van der Waals surface area (Å²) >= 11 is 0. The molecular weight excluding hydrogens is 446 g/mol. The molecule has 0 bridgehead atoms. The van der Waals surface area contributed by atoms with Crippen molar-refractivity contribution >= 4 is 18.0 Å². The molecule has 3 rings (SSSR count). The molecule has 7 heteroatoms. The maximum absolute atomic E-state index is 12.3. The topological polar surface area (TPSA) is 102 Å². The highest BCUT2D eigenvalue weighted by molar-refractivity contribution is 5.90. The molecule has 35 heavy (non-hydrogen) atoms. The summed E-state index contributed by atoms with van der Waals surface area (Å²) in [5, 5.41) is 11.9. The lowest BCUT2D eigenvalue weighted by molar-refractivity contribution is -0.139. The molecule has 1 unspecified atom stereocenters. The lowest BCUT2D eigenvalue weighted by Gasteiger charge is -2.22. The van der Waals surface area contributed by atoms with Crippen LogP contribution in [0.4, 0.5) is 4.79 Å². The molecule has 0 aliphatic heterocycles. The van der Waals surface area contributed by atoms with Gasteiger partial charge < -0.3 is 19.9 Å². The Morgan fingerprint density at radius 1 is 0.829 bits per heavy atom. The van der Waals surface area contributed by atoms with E-state index in [1.807, 2.05) is 66.7 Å². The first-order valence-electron chi connectivity index (χ1n) is 11.2. The summed E-state index contributed by atoms with van der Waals surface area (Å²) in [4.78, 5) is 35.9. The van der Waals surface area contributed by atoms with E-state index in [1.165, 1.54) is 0 Å². The molecule has 3 aromatic rings. The van der Waals surface area contributed by atoms with Crippen LogP contribution in [0, 0.1) is 0 Å². The number of hydrogen-bond donors (Lipinski definition) is 2. The van der Waals surface area contributed by atoms with E-state index in [0.29, 0.717) is 5.56 Å². The number of amides is 1. The minimum atomic E-state index is -1.14. The van der Waals surface area contributed by atoms with Crippen LogP contribution in [0.15, 0.2) is 78.9 Å². The maximum Gasteiger partial charge on any atom is 0.408 e. The van der Waals surface area contributed by atoms with E-state index < -0.39 is 29.7 Å². The summed E-state index contributed by atoms with van der Waals surface area (Å²) < 4.78 is 10.5.